The van der Waals surface area contributed by atoms with Crippen LogP contribution in [0.1, 0.15) is 23.6 Å². The van der Waals surface area contributed by atoms with Gasteiger partial charge in [0.1, 0.15) is 0 Å². The van der Waals surface area contributed by atoms with Crippen LogP contribution in [-0.4, -0.2) is 15.1 Å². The largest absolute Gasteiger partial charge is 0.388 e. The normalized spacial score (nSPS) is 12.4. The molecule has 0 aliphatic heterocycles. The average Bonchev–Trinajstić information content (AvgIpc) is 2.61. The van der Waals surface area contributed by atoms with Crippen molar-refractivity contribution in [1.82, 2.24) is 9.97 Å². The summed E-state index contributed by atoms with van der Waals surface area (Å²) in [6.45, 7) is 3.65. The zero-order chi connectivity index (χ0) is 11.5. The maximum Gasteiger partial charge on any atom is 0.187 e. The lowest BCUT2D eigenvalue weighted by Gasteiger charge is -2.00. The Balaban J connectivity index is 2.20. The van der Waals surface area contributed by atoms with Gasteiger partial charge in [-0.05, 0) is 26.0 Å². The number of aromatic nitrogens is 2. The van der Waals surface area contributed by atoms with Crippen molar-refractivity contribution in [2.75, 3.05) is 5.32 Å². The number of nitrogens with one attached hydrogen (secondary N) is 1. The quantitative estimate of drug-likeness (QED) is 0.858. The van der Waals surface area contributed by atoms with Gasteiger partial charge in [0.05, 0.1) is 16.7 Å². The van der Waals surface area contributed by atoms with E-state index in [9.17, 15) is 5.11 Å². The Morgan fingerprint density at radius 2 is 2.06 bits per heavy atom. The molecule has 0 saturated heterocycles. The van der Waals surface area contributed by atoms with E-state index in [1.54, 1.807) is 19.3 Å². The molecule has 0 spiro atoms. The predicted octanol–water partition coefficient (Wildman–Crippen LogP) is 2.64. The van der Waals surface area contributed by atoms with Gasteiger partial charge in [-0.2, -0.15) is 0 Å². The number of rotatable bonds is 3. The molecule has 2 N–H and O–H groups in total. The number of hydrogen-bond donors (Lipinski definition) is 2. The first kappa shape index (κ1) is 11.0. The predicted molar refractivity (Wildman–Crippen MR) is 65.0 cm³/mol. The molecule has 1 atom stereocenters. The van der Waals surface area contributed by atoms with E-state index in [2.05, 4.69) is 15.3 Å². The highest BCUT2D eigenvalue weighted by Crippen LogP contribution is 2.29. The first-order valence-electron chi connectivity index (χ1n) is 4.99. The molecule has 0 aliphatic carbocycles. The summed E-state index contributed by atoms with van der Waals surface area (Å²) in [5, 5.41) is 13.5. The topological polar surface area (TPSA) is 58.0 Å². The second kappa shape index (κ2) is 4.59. The van der Waals surface area contributed by atoms with E-state index in [1.807, 2.05) is 19.1 Å². The highest BCUT2D eigenvalue weighted by atomic mass is 32.1. The summed E-state index contributed by atoms with van der Waals surface area (Å²) in [6.07, 6.45) is 2.97. The first-order valence-corrected chi connectivity index (χ1v) is 5.81. The van der Waals surface area contributed by atoms with E-state index in [4.69, 9.17) is 0 Å². The minimum Gasteiger partial charge on any atom is -0.388 e. The van der Waals surface area contributed by atoms with E-state index in [1.165, 1.54) is 11.3 Å². The number of thiazole rings is 1. The van der Waals surface area contributed by atoms with Crippen molar-refractivity contribution in [2.45, 2.75) is 20.0 Å². The number of hydrogen-bond acceptors (Lipinski definition) is 5. The third-order valence-electron chi connectivity index (χ3n) is 2.14. The number of aliphatic hydroxyl groups excluding tert-OH is 1. The van der Waals surface area contributed by atoms with E-state index >= 15 is 0 Å². The van der Waals surface area contributed by atoms with Crippen LogP contribution in [0.4, 0.5) is 10.8 Å². The van der Waals surface area contributed by atoms with Crippen molar-refractivity contribution in [3.63, 3.8) is 0 Å². The number of aliphatic hydroxyl groups is 1. The van der Waals surface area contributed by atoms with Gasteiger partial charge in [-0.25, -0.2) is 4.98 Å². The van der Waals surface area contributed by atoms with Gasteiger partial charge in [-0.15, -0.1) is 0 Å². The average molecular weight is 235 g/mol. The van der Waals surface area contributed by atoms with Gasteiger partial charge in [-0.3, -0.25) is 4.98 Å². The molecule has 0 aliphatic rings. The Kier molecular flexibility index (Phi) is 3.17. The standard InChI is InChI=1S/C11H13N3OS/c1-7-10(8(2)15)16-11(13-7)14-9-3-5-12-6-4-9/h3-6,8,15H,1-2H3,(H,12,13,14). The van der Waals surface area contributed by atoms with Crippen LogP contribution >= 0.6 is 11.3 Å². The molecule has 84 valence electrons. The van der Waals surface area contributed by atoms with Gasteiger partial charge in [-0.1, -0.05) is 11.3 Å². The molecule has 2 aromatic rings. The first-order chi connectivity index (χ1) is 7.66. The second-order valence-electron chi connectivity index (χ2n) is 3.51. The lowest BCUT2D eigenvalue weighted by atomic mass is 10.3. The second-order valence-corrected chi connectivity index (χ2v) is 4.54. The molecule has 16 heavy (non-hydrogen) atoms. The third kappa shape index (κ3) is 2.37. The molecule has 0 amide bonds. The van der Waals surface area contributed by atoms with Crippen LogP contribution in [-0.2, 0) is 0 Å². The molecule has 2 rings (SSSR count). The third-order valence-corrected chi connectivity index (χ3v) is 3.39. The summed E-state index contributed by atoms with van der Waals surface area (Å²) in [4.78, 5) is 9.19. The van der Waals surface area contributed by atoms with Crippen LogP contribution in [0.3, 0.4) is 0 Å². The van der Waals surface area contributed by atoms with Crippen molar-refractivity contribution < 1.29 is 5.11 Å². The number of anilines is 2. The van der Waals surface area contributed by atoms with Crippen LogP contribution in [0.5, 0.6) is 0 Å². The Labute approximate surface area is 98.0 Å². The highest BCUT2D eigenvalue weighted by Gasteiger charge is 2.11. The van der Waals surface area contributed by atoms with Crippen molar-refractivity contribution >= 4 is 22.2 Å². The fourth-order valence-electron chi connectivity index (χ4n) is 1.41. The highest BCUT2D eigenvalue weighted by molar-refractivity contribution is 7.15. The molecule has 5 heteroatoms. The van der Waals surface area contributed by atoms with E-state index < -0.39 is 6.10 Å². The van der Waals surface area contributed by atoms with Crippen LogP contribution < -0.4 is 5.32 Å². The fraction of sp³-hybridized carbons (Fsp3) is 0.273. The molecule has 0 saturated carbocycles. The van der Waals surface area contributed by atoms with E-state index in [0.717, 1.165) is 21.4 Å². The SMILES string of the molecule is Cc1nc(Nc2ccncc2)sc1C(C)O. The molecular weight excluding hydrogens is 222 g/mol. The van der Waals surface area contributed by atoms with Crippen LogP contribution in [0.25, 0.3) is 0 Å². The van der Waals surface area contributed by atoms with Gasteiger partial charge in [0.25, 0.3) is 0 Å². The number of pyridine rings is 1. The molecule has 4 nitrogen and oxygen atoms in total. The van der Waals surface area contributed by atoms with Gasteiger partial charge in [0, 0.05) is 18.1 Å². The van der Waals surface area contributed by atoms with E-state index in [0.29, 0.717) is 0 Å². The fourth-order valence-corrected chi connectivity index (χ4v) is 2.33. The van der Waals surface area contributed by atoms with E-state index in [-0.39, 0.29) is 0 Å². The lowest BCUT2D eigenvalue weighted by Crippen LogP contribution is -1.89. The Morgan fingerprint density at radius 1 is 1.38 bits per heavy atom. The van der Waals surface area contributed by atoms with Crippen LogP contribution in [0.15, 0.2) is 24.5 Å². The number of nitrogens with zero attached hydrogens (tertiary/aromatic N) is 2. The van der Waals surface area contributed by atoms with Crippen molar-refractivity contribution in [1.29, 1.82) is 0 Å². The summed E-state index contributed by atoms with van der Waals surface area (Å²) < 4.78 is 0. The minimum absolute atomic E-state index is 0.467. The smallest absolute Gasteiger partial charge is 0.187 e. The van der Waals surface area contributed by atoms with Gasteiger partial charge < -0.3 is 10.4 Å². The summed E-state index contributed by atoms with van der Waals surface area (Å²) >= 11 is 1.47. The Morgan fingerprint density at radius 3 is 2.62 bits per heavy atom. The number of aryl methyl sites for hydroxylation is 1. The summed E-state index contributed by atoms with van der Waals surface area (Å²) in [6, 6.07) is 3.75. The Bertz CT molecular complexity index is 467. The summed E-state index contributed by atoms with van der Waals surface area (Å²) in [5.74, 6) is 0. The van der Waals surface area contributed by atoms with Crippen LogP contribution in [0.2, 0.25) is 0 Å². The molecule has 2 aromatic heterocycles. The molecule has 0 aromatic carbocycles. The molecule has 2 heterocycles. The molecule has 1 unspecified atom stereocenters. The molecule has 0 fully saturated rings. The van der Waals surface area contributed by atoms with Gasteiger partial charge in [0.15, 0.2) is 5.13 Å². The van der Waals surface area contributed by atoms with Gasteiger partial charge in [0.2, 0.25) is 0 Å². The van der Waals surface area contributed by atoms with Gasteiger partial charge >= 0.3 is 0 Å². The Hall–Kier alpha value is -1.46. The summed E-state index contributed by atoms with van der Waals surface area (Å²) in [7, 11) is 0. The molecular formula is C11H13N3OS. The minimum atomic E-state index is -0.467. The monoisotopic (exact) mass is 235 g/mol. The zero-order valence-electron chi connectivity index (χ0n) is 9.14. The van der Waals surface area contributed by atoms with Crippen molar-refractivity contribution in [2.24, 2.45) is 0 Å². The zero-order valence-corrected chi connectivity index (χ0v) is 9.95. The maximum atomic E-state index is 9.52. The van der Waals surface area contributed by atoms with Crippen molar-refractivity contribution in [3.8, 4) is 0 Å². The molecule has 0 radical (unpaired) electrons. The molecule has 0 bridgehead atoms. The van der Waals surface area contributed by atoms with Crippen LogP contribution in [0, 0.1) is 6.92 Å². The lowest BCUT2D eigenvalue weighted by molar-refractivity contribution is 0.202. The summed E-state index contributed by atoms with van der Waals surface area (Å²) in [5.41, 5.74) is 1.82. The van der Waals surface area contributed by atoms with Crippen molar-refractivity contribution in [3.05, 3.63) is 35.1 Å². The maximum absolute atomic E-state index is 9.52.